The fourth-order valence-corrected chi connectivity index (χ4v) is 6.23. The molecular weight excluding hydrogens is 480 g/mol. The lowest BCUT2D eigenvalue weighted by atomic mass is 9.96. The smallest absolute Gasteiger partial charge is 0.387 e. The topological polar surface area (TPSA) is 99.2 Å². The van der Waals surface area contributed by atoms with Gasteiger partial charge in [0.05, 0.1) is 4.90 Å². The maximum absolute atomic E-state index is 13.0. The van der Waals surface area contributed by atoms with Crippen LogP contribution in [0.3, 0.4) is 0 Å². The summed E-state index contributed by atoms with van der Waals surface area (Å²) >= 11 is 0. The van der Waals surface area contributed by atoms with Crippen molar-refractivity contribution in [3.8, 4) is 5.75 Å². The Labute approximate surface area is 201 Å². The highest BCUT2D eigenvalue weighted by molar-refractivity contribution is 7.89. The molecule has 0 unspecified atom stereocenters. The van der Waals surface area contributed by atoms with E-state index < -0.39 is 28.6 Å². The van der Waals surface area contributed by atoms with E-state index in [0.717, 1.165) is 29.7 Å². The van der Waals surface area contributed by atoms with E-state index in [9.17, 15) is 27.1 Å². The molecule has 3 heterocycles. The summed E-state index contributed by atoms with van der Waals surface area (Å²) in [6.07, 6.45) is -0.369. The number of fused-ring (bicyclic) bond motifs is 1. The minimum Gasteiger partial charge on any atom is -0.435 e. The number of nitrogens with zero attached hydrogens (tertiary/aromatic N) is 2. The fourth-order valence-electron chi connectivity index (χ4n) is 4.80. The van der Waals surface area contributed by atoms with Gasteiger partial charge >= 0.3 is 6.61 Å². The van der Waals surface area contributed by atoms with E-state index >= 15 is 0 Å². The highest BCUT2D eigenvalue weighted by atomic mass is 32.2. The first-order valence-electron chi connectivity index (χ1n) is 11.3. The van der Waals surface area contributed by atoms with Crippen LogP contribution in [0.15, 0.2) is 58.5 Å². The van der Waals surface area contributed by atoms with Crippen LogP contribution in [-0.4, -0.2) is 68.0 Å². The molecule has 0 radical (unpaired) electrons. The standard InChI is InChI=1S/C24H25F2N3O5S/c25-24(26)34-20-3-5-21(6-4-20)35(32,33)29-13-18-11-28(12-19(18)14-29)23(31)22(30)16-2-1-15-7-8-27-10-17(15)9-16/h1-6,9,22,24,27,30H,7-8,10-14H2/t22-/m1/s1. The normalized spacial score (nSPS) is 19.1. The third kappa shape index (κ3) is 4.68. The summed E-state index contributed by atoms with van der Waals surface area (Å²) in [5.74, 6) is -0.531. The zero-order valence-electron chi connectivity index (χ0n) is 18.8. The highest BCUT2D eigenvalue weighted by Gasteiger charge is 2.39. The molecule has 0 fully saturated rings. The lowest BCUT2D eigenvalue weighted by Crippen LogP contribution is -2.38. The molecule has 3 aliphatic rings. The first-order chi connectivity index (χ1) is 16.7. The number of halogens is 2. The van der Waals surface area contributed by atoms with Gasteiger partial charge in [0.25, 0.3) is 5.91 Å². The van der Waals surface area contributed by atoms with Crippen LogP contribution in [0, 0.1) is 0 Å². The number of alkyl halides is 2. The van der Waals surface area contributed by atoms with Crippen molar-refractivity contribution in [3.05, 3.63) is 70.3 Å². The van der Waals surface area contributed by atoms with Crippen molar-refractivity contribution < 1.29 is 31.8 Å². The number of hydrogen-bond donors (Lipinski definition) is 2. The van der Waals surface area contributed by atoms with Gasteiger partial charge in [-0.15, -0.1) is 0 Å². The molecule has 1 amide bonds. The molecule has 35 heavy (non-hydrogen) atoms. The van der Waals surface area contributed by atoms with Gasteiger partial charge < -0.3 is 20.1 Å². The number of carbonyl (C=O) groups excluding carboxylic acids is 1. The number of sulfonamides is 1. The lowest BCUT2D eigenvalue weighted by molar-refractivity contribution is -0.139. The average molecular weight is 506 g/mol. The van der Waals surface area contributed by atoms with E-state index in [2.05, 4.69) is 10.1 Å². The maximum atomic E-state index is 13.0. The molecule has 1 atom stereocenters. The molecule has 0 saturated carbocycles. The van der Waals surface area contributed by atoms with Crippen molar-refractivity contribution in [2.24, 2.45) is 0 Å². The van der Waals surface area contributed by atoms with Gasteiger partial charge in [0.2, 0.25) is 10.0 Å². The third-order valence-corrected chi connectivity index (χ3v) is 8.47. The number of hydrogen-bond acceptors (Lipinski definition) is 6. The second kappa shape index (κ2) is 9.30. The van der Waals surface area contributed by atoms with Gasteiger partial charge in [-0.3, -0.25) is 4.79 Å². The number of amides is 1. The molecule has 186 valence electrons. The Morgan fingerprint density at radius 2 is 1.69 bits per heavy atom. The number of benzene rings is 2. The van der Waals surface area contributed by atoms with E-state index in [4.69, 9.17) is 0 Å². The molecule has 0 spiro atoms. The molecule has 8 nitrogen and oxygen atoms in total. The summed E-state index contributed by atoms with van der Waals surface area (Å²) in [6.45, 7) is -0.596. The molecule has 0 aromatic heterocycles. The fraction of sp³-hybridized carbons (Fsp3) is 0.375. The summed E-state index contributed by atoms with van der Waals surface area (Å²) in [4.78, 5) is 14.5. The number of ether oxygens (including phenoxy) is 1. The van der Waals surface area contributed by atoms with Gasteiger partial charge in [-0.2, -0.15) is 13.1 Å². The van der Waals surface area contributed by atoms with Crippen molar-refractivity contribution >= 4 is 15.9 Å². The molecule has 2 aromatic rings. The summed E-state index contributed by atoms with van der Waals surface area (Å²) in [6, 6.07) is 10.5. The van der Waals surface area contributed by atoms with Gasteiger partial charge in [-0.05, 0) is 65.1 Å². The van der Waals surface area contributed by atoms with E-state index in [1.165, 1.54) is 34.1 Å². The van der Waals surface area contributed by atoms with Gasteiger partial charge in [0.1, 0.15) is 5.75 Å². The van der Waals surface area contributed by atoms with Gasteiger partial charge in [0.15, 0.2) is 6.10 Å². The molecule has 3 aliphatic heterocycles. The van der Waals surface area contributed by atoms with Crippen LogP contribution in [0.5, 0.6) is 5.75 Å². The molecule has 2 aromatic carbocycles. The maximum Gasteiger partial charge on any atom is 0.387 e. The largest absolute Gasteiger partial charge is 0.435 e. The van der Waals surface area contributed by atoms with Gasteiger partial charge in [0, 0.05) is 32.7 Å². The Kier molecular flexibility index (Phi) is 6.34. The first kappa shape index (κ1) is 23.9. The summed E-state index contributed by atoms with van der Waals surface area (Å²) < 4.78 is 56.3. The lowest BCUT2D eigenvalue weighted by Gasteiger charge is -2.25. The molecule has 0 saturated heterocycles. The van der Waals surface area contributed by atoms with Crippen LogP contribution in [0.1, 0.15) is 22.8 Å². The average Bonchev–Trinajstić information content (AvgIpc) is 3.43. The Balaban J connectivity index is 1.21. The SMILES string of the molecule is O=C([C@H](O)c1ccc2c(c1)CNCC2)N1CC2=C(C1)CN(S(=O)(=O)c1ccc(OC(F)F)cc1)C2. The predicted octanol–water partition coefficient (Wildman–Crippen LogP) is 1.81. The molecule has 2 N–H and O–H groups in total. The summed E-state index contributed by atoms with van der Waals surface area (Å²) in [5, 5.41) is 14.0. The molecule has 5 rings (SSSR count). The summed E-state index contributed by atoms with van der Waals surface area (Å²) in [7, 11) is -3.84. The summed E-state index contributed by atoms with van der Waals surface area (Å²) in [5.41, 5.74) is 4.51. The predicted molar refractivity (Wildman–Crippen MR) is 122 cm³/mol. The van der Waals surface area contributed by atoms with E-state index in [-0.39, 0.29) is 36.8 Å². The third-order valence-electron chi connectivity index (χ3n) is 6.66. The number of aliphatic hydroxyl groups is 1. The highest BCUT2D eigenvalue weighted by Crippen LogP contribution is 2.32. The number of aliphatic hydroxyl groups excluding tert-OH is 1. The number of nitrogens with one attached hydrogen (secondary N) is 1. The van der Waals surface area contributed by atoms with Crippen molar-refractivity contribution in [1.29, 1.82) is 0 Å². The van der Waals surface area contributed by atoms with Crippen LogP contribution in [0.4, 0.5) is 8.78 Å². The van der Waals surface area contributed by atoms with Crippen LogP contribution in [0.25, 0.3) is 0 Å². The van der Waals surface area contributed by atoms with Crippen molar-refractivity contribution in [3.63, 3.8) is 0 Å². The van der Waals surface area contributed by atoms with Crippen molar-refractivity contribution in [2.45, 2.75) is 30.6 Å². The van der Waals surface area contributed by atoms with E-state index in [0.29, 0.717) is 12.1 Å². The second-order valence-corrected chi connectivity index (χ2v) is 10.8. The van der Waals surface area contributed by atoms with Crippen LogP contribution < -0.4 is 10.1 Å². The molecule has 0 aliphatic carbocycles. The molecule has 11 heteroatoms. The van der Waals surface area contributed by atoms with Crippen LogP contribution in [0.2, 0.25) is 0 Å². The van der Waals surface area contributed by atoms with Gasteiger partial charge in [-0.1, -0.05) is 18.2 Å². The quantitative estimate of drug-likeness (QED) is 0.581. The van der Waals surface area contributed by atoms with Gasteiger partial charge in [-0.25, -0.2) is 8.42 Å². The Hall–Kier alpha value is -2.86. The number of carbonyl (C=O) groups is 1. The monoisotopic (exact) mass is 505 g/mol. The van der Waals surface area contributed by atoms with E-state index in [1.54, 1.807) is 11.0 Å². The van der Waals surface area contributed by atoms with Crippen molar-refractivity contribution in [1.82, 2.24) is 14.5 Å². The molecule has 0 bridgehead atoms. The zero-order valence-corrected chi connectivity index (χ0v) is 19.6. The minimum absolute atomic E-state index is 0.0226. The van der Waals surface area contributed by atoms with Crippen molar-refractivity contribution in [2.75, 3.05) is 32.7 Å². The van der Waals surface area contributed by atoms with E-state index in [1.807, 2.05) is 12.1 Å². The van der Waals surface area contributed by atoms with Crippen LogP contribution >= 0.6 is 0 Å². The second-order valence-electron chi connectivity index (χ2n) is 8.88. The Bertz CT molecular complexity index is 1260. The Morgan fingerprint density at radius 3 is 2.34 bits per heavy atom. The minimum atomic E-state index is -3.84. The first-order valence-corrected chi connectivity index (χ1v) is 12.7. The zero-order chi connectivity index (χ0) is 24.7. The number of rotatable bonds is 6. The molecular formula is C24H25F2N3O5S. The Morgan fingerprint density at radius 1 is 1.00 bits per heavy atom. The van der Waals surface area contributed by atoms with Crippen LogP contribution in [-0.2, 0) is 27.8 Å².